The molecule has 0 amide bonds. The van der Waals surface area contributed by atoms with E-state index in [1.165, 1.54) is 19.2 Å². The van der Waals surface area contributed by atoms with E-state index >= 15 is 0 Å². The Kier molecular flexibility index (Phi) is 4.51. The third-order valence-electron chi connectivity index (χ3n) is 2.57. The van der Waals surface area contributed by atoms with Crippen LogP contribution in [0, 0.1) is 5.82 Å². The Bertz CT molecular complexity index is 569. The van der Waals surface area contributed by atoms with Crippen molar-refractivity contribution < 1.29 is 9.13 Å². The van der Waals surface area contributed by atoms with Gasteiger partial charge in [-0.3, -0.25) is 0 Å². The maximum Gasteiger partial charge on any atom is 0.144 e. The minimum Gasteiger partial charge on any atom is -0.494 e. The molecule has 2 nitrogen and oxygen atoms in total. The van der Waals surface area contributed by atoms with E-state index in [0.29, 0.717) is 28.0 Å². The zero-order valence-corrected chi connectivity index (χ0v) is 11.7. The summed E-state index contributed by atoms with van der Waals surface area (Å²) in [6.45, 7) is 0.516. The second kappa shape index (κ2) is 6.13. The summed E-state index contributed by atoms with van der Waals surface area (Å²) < 4.78 is 18.2. The van der Waals surface area contributed by atoms with Gasteiger partial charge in [-0.15, -0.1) is 0 Å². The molecule has 0 saturated heterocycles. The fraction of sp³-hybridized carbons (Fsp3) is 0.143. The molecular weight excluding hydrogens is 288 g/mol. The first-order valence-electron chi connectivity index (χ1n) is 5.61. The van der Waals surface area contributed by atoms with Crippen molar-refractivity contribution in [1.29, 1.82) is 0 Å². The van der Waals surface area contributed by atoms with Crippen LogP contribution in [0.2, 0.25) is 10.0 Å². The number of hydrogen-bond acceptors (Lipinski definition) is 2. The lowest BCUT2D eigenvalue weighted by Crippen LogP contribution is -2.01. The maximum atomic E-state index is 13.1. The van der Waals surface area contributed by atoms with Crippen molar-refractivity contribution in [1.82, 2.24) is 0 Å². The number of ether oxygens (including phenoxy) is 1. The molecule has 0 aliphatic rings. The van der Waals surface area contributed by atoms with E-state index in [1.807, 2.05) is 12.1 Å². The predicted molar refractivity (Wildman–Crippen MR) is 76.7 cm³/mol. The second-order valence-corrected chi connectivity index (χ2v) is 4.85. The second-order valence-electron chi connectivity index (χ2n) is 3.98. The van der Waals surface area contributed by atoms with Crippen molar-refractivity contribution in [2.75, 3.05) is 12.4 Å². The summed E-state index contributed by atoms with van der Waals surface area (Å²) >= 11 is 11.8. The lowest BCUT2D eigenvalue weighted by molar-refractivity contribution is 0.413. The van der Waals surface area contributed by atoms with Gasteiger partial charge in [0.2, 0.25) is 0 Å². The molecular formula is C14H12Cl2FNO. The molecule has 0 aliphatic heterocycles. The van der Waals surface area contributed by atoms with Gasteiger partial charge in [0.15, 0.2) is 0 Å². The number of benzene rings is 2. The van der Waals surface area contributed by atoms with Gasteiger partial charge in [-0.1, -0.05) is 23.2 Å². The number of anilines is 1. The first kappa shape index (κ1) is 14.0. The lowest BCUT2D eigenvalue weighted by Gasteiger charge is -2.11. The van der Waals surface area contributed by atoms with Crippen molar-refractivity contribution in [2.24, 2.45) is 0 Å². The minimum absolute atomic E-state index is 0.340. The molecule has 5 heteroatoms. The molecule has 0 radical (unpaired) electrons. The number of rotatable bonds is 4. The number of nitrogens with one attached hydrogen (secondary N) is 1. The van der Waals surface area contributed by atoms with Gasteiger partial charge < -0.3 is 10.1 Å². The Morgan fingerprint density at radius 3 is 2.42 bits per heavy atom. The molecule has 0 heterocycles. The SMILES string of the molecule is COc1cc(F)ccc1NCc1cc(Cl)cc(Cl)c1. The Hall–Kier alpha value is -1.45. The standard InChI is InChI=1S/C14H12Cl2FNO/c1-19-14-7-12(17)2-3-13(14)18-8-9-4-10(15)6-11(16)5-9/h2-7,18H,8H2,1H3. The molecule has 2 aromatic carbocycles. The molecule has 0 bridgehead atoms. The first-order chi connectivity index (χ1) is 9.08. The van der Waals surface area contributed by atoms with Crippen molar-refractivity contribution in [3.05, 3.63) is 57.8 Å². The molecule has 0 aliphatic carbocycles. The number of hydrogen-bond donors (Lipinski definition) is 1. The van der Waals surface area contributed by atoms with Crippen LogP contribution in [-0.2, 0) is 6.54 Å². The van der Waals surface area contributed by atoms with Gasteiger partial charge in [0.25, 0.3) is 0 Å². The monoisotopic (exact) mass is 299 g/mol. The van der Waals surface area contributed by atoms with Crippen LogP contribution in [0.25, 0.3) is 0 Å². The molecule has 0 atom stereocenters. The van der Waals surface area contributed by atoms with E-state index in [1.54, 1.807) is 12.1 Å². The van der Waals surface area contributed by atoms with Gasteiger partial charge in [0, 0.05) is 22.7 Å². The number of halogens is 3. The zero-order chi connectivity index (χ0) is 13.8. The van der Waals surface area contributed by atoms with Crippen molar-refractivity contribution in [3.8, 4) is 5.75 Å². The molecule has 100 valence electrons. The lowest BCUT2D eigenvalue weighted by atomic mass is 10.2. The van der Waals surface area contributed by atoms with E-state index in [0.717, 1.165) is 5.56 Å². The molecule has 19 heavy (non-hydrogen) atoms. The predicted octanol–water partition coefficient (Wildman–Crippen LogP) is 4.75. The van der Waals surface area contributed by atoms with Crippen LogP contribution in [0.4, 0.5) is 10.1 Å². The fourth-order valence-electron chi connectivity index (χ4n) is 1.72. The molecule has 0 fully saturated rings. The molecule has 0 saturated carbocycles. The highest BCUT2D eigenvalue weighted by molar-refractivity contribution is 6.34. The molecule has 2 aromatic rings. The van der Waals surface area contributed by atoms with E-state index < -0.39 is 0 Å². The van der Waals surface area contributed by atoms with Crippen LogP contribution in [0.3, 0.4) is 0 Å². The Labute approximate surface area is 121 Å². The summed E-state index contributed by atoms with van der Waals surface area (Å²) in [7, 11) is 1.50. The van der Waals surface area contributed by atoms with Gasteiger partial charge in [0.1, 0.15) is 11.6 Å². The van der Waals surface area contributed by atoms with Crippen LogP contribution in [-0.4, -0.2) is 7.11 Å². The van der Waals surface area contributed by atoms with Crippen LogP contribution in [0.1, 0.15) is 5.56 Å². The Morgan fingerprint density at radius 1 is 1.11 bits per heavy atom. The summed E-state index contributed by atoms with van der Waals surface area (Å²) in [4.78, 5) is 0. The van der Waals surface area contributed by atoms with Crippen LogP contribution in [0.15, 0.2) is 36.4 Å². The van der Waals surface area contributed by atoms with Gasteiger partial charge in [-0.25, -0.2) is 4.39 Å². The van der Waals surface area contributed by atoms with E-state index in [-0.39, 0.29) is 5.82 Å². The third-order valence-corrected chi connectivity index (χ3v) is 3.01. The first-order valence-corrected chi connectivity index (χ1v) is 6.36. The molecule has 1 N–H and O–H groups in total. The van der Waals surface area contributed by atoms with E-state index in [9.17, 15) is 4.39 Å². The van der Waals surface area contributed by atoms with Gasteiger partial charge in [-0.05, 0) is 35.9 Å². The summed E-state index contributed by atoms with van der Waals surface area (Å²) in [5, 5.41) is 4.31. The Balaban J connectivity index is 2.14. The molecule has 0 unspecified atom stereocenters. The average molecular weight is 300 g/mol. The Morgan fingerprint density at radius 2 is 1.79 bits per heavy atom. The largest absolute Gasteiger partial charge is 0.494 e. The highest BCUT2D eigenvalue weighted by atomic mass is 35.5. The van der Waals surface area contributed by atoms with Crippen molar-refractivity contribution >= 4 is 28.9 Å². The highest BCUT2D eigenvalue weighted by Crippen LogP contribution is 2.26. The van der Waals surface area contributed by atoms with Crippen LogP contribution in [0.5, 0.6) is 5.75 Å². The van der Waals surface area contributed by atoms with Gasteiger partial charge in [0.05, 0.1) is 12.8 Å². The van der Waals surface area contributed by atoms with Crippen molar-refractivity contribution in [3.63, 3.8) is 0 Å². The molecule has 0 aromatic heterocycles. The van der Waals surface area contributed by atoms with Crippen LogP contribution < -0.4 is 10.1 Å². The third kappa shape index (κ3) is 3.75. The van der Waals surface area contributed by atoms with Gasteiger partial charge >= 0.3 is 0 Å². The van der Waals surface area contributed by atoms with Gasteiger partial charge in [-0.2, -0.15) is 0 Å². The summed E-state index contributed by atoms with van der Waals surface area (Å²) in [6, 6.07) is 9.63. The number of methoxy groups -OCH3 is 1. The normalized spacial score (nSPS) is 10.3. The average Bonchev–Trinajstić information content (AvgIpc) is 2.36. The summed E-state index contributed by atoms with van der Waals surface area (Å²) in [5.41, 5.74) is 1.64. The minimum atomic E-state index is -0.340. The van der Waals surface area contributed by atoms with E-state index in [4.69, 9.17) is 27.9 Å². The highest BCUT2D eigenvalue weighted by Gasteiger charge is 2.05. The molecule has 2 rings (SSSR count). The van der Waals surface area contributed by atoms with Crippen LogP contribution >= 0.6 is 23.2 Å². The topological polar surface area (TPSA) is 21.3 Å². The molecule has 0 spiro atoms. The fourth-order valence-corrected chi connectivity index (χ4v) is 2.29. The smallest absolute Gasteiger partial charge is 0.144 e. The van der Waals surface area contributed by atoms with Crippen molar-refractivity contribution in [2.45, 2.75) is 6.54 Å². The maximum absolute atomic E-state index is 13.1. The summed E-state index contributed by atoms with van der Waals surface area (Å²) in [6.07, 6.45) is 0. The zero-order valence-electron chi connectivity index (χ0n) is 10.2. The quantitative estimate of drug-likeness (QED) is 0.879. The van der Waals surface area contributed by atoms with E-state index in [2.05, 4.69) is 5.32 Å². The summed E-state index contributed by atoms with van der Waals surface area (Å²) in [5.74, 6) is 0.112.